The molecule has 7 nitrogen and oxygen atoms in total. The van der Waals surface area contributed by atoms with Gasteiger partial charge in [-0.05, 0) is 43.0 Å². The molecule has 1 N–H and O–H groups in total. The Labute approximate surface area is 179 Å². The molecule has 1 amide bonds. The second-order valence-electron chi connectivity index (χ2n) is 7.28. The van der Waals surface area contributed by atoms with Gasteiger partial charge in [-0.25, -0.2) is 4.79 Å². The molecule has 162 valence electrons. The van der Waals surface area contributed by atoms with Crippen LogP contribution >= 0.6 is 0 Å². The third kappa shape index (κ3) is 5.31. The van der Waals surface area contributed by atoms with Gasteiger partial charge in [-0.15, -0.1) is 0 Å². The van der Waals surface area contributed by atoms with Crippen molar-refractivity contribution in [2.75, 3.05) is 6.61 Å². The lowest BCUT2D eigenvalue weighted by Gasteiger charge is -2.20. The summed E-state index contributed by atoms with van der Waals surface area (Å²) in [6.07, 6.45) is 2.73. The van der Waals surface area contributed by atoms with Gasteiger partial charge in [0.05, 0.1) is 12.0 Å². The fraction of sp³-hybridized carbons (Fsp3) is 0.292. The largest absolute Gasteiger partial charge is 0.548 e. The zero-order valence-electron chi connectivity index (χ0n) is 17.5. The van der Waals surface area contributed by atoms with Crippen LogP contribution in [0.2, 0.25) is 0 Å². The molecule has 0 radical (unpaired) electrons. The van der Waals surface area contributed by atoms with Gasteiger partial charge in [-0.2, -0.15) is 0 Å². The van der Waals surface area contributed by atoms with E-state index in [9.17, 15) is 19.5 Å². The molecule has 0 spiro atoms. The van der Waals surface area contributed by atoms with E-state index in [1.807, 2.05) is 0 Å². The molecule has 0 bridgehead atoms. The van der Waals surface area contributed by atoms with Gasteiger partial charge >= 0.3 is 5.63 Å². The molecule has 1 heterocycles. The third-order valence-electron chi connectivity index (χ3n) is 5.03. The summed E-state index contributed by atoms with van der Waals surface area (Å²) in [6, 6.07) is 12.0. The van der Waals surface area contributed by atoms with Crippen molar-refractivity contribution in [2.45, 2.75) is 39.2 Å². The van der Waals surface area contributed by atoms with E-state index in [1.165, 1.54) is 6.07 Å². The number of carbonyl (C=O) groups is 2. The van der Waals surface area contributed by atoms with E-state index in [2.05, 4.69) is 12.2 Å². The number of aliphatic carboxylic acids is 1. The van der Waals surface area contributed by atoms with E-state index in [0.717, 1.165) is 30.2 Å². The van der Waals surface area contributed by atoms with Crippen LogP contribution in [-0.4, -0.2) is 18.5 Å². The zero-order chi connectivity index (χ0) is 22.4. The van der Waals surface area contributed by atoms with Crippen molar-refractivity contribution in [1.29, 1.82) is 0 Å². The van der Waals surface area contributed by atoms with Crippen molar-refractivity contribution in [1.82, 2.24) is 5.32 Å². The molecule has 0 saturated carbocycles. The maximum Gasteiger partial charge on any atom is 0.336 e. The molecule has 3 rings (SSSR count). The number of fused-ring (bicyclic) bond motifs is 1. The van der Waals surface area contributed by atoms with Crippen LogP contribution in [0.25, 0.3) is 11.0 Å². The molecule has 0 aliphatic heterocycles. The van der Waals surface area contributed by atoms with Crippen molar-refractivity contribution >= 4 is 22.8 Å². The summed E-state index contributed by atoms with van der Waals surface area (Å²) in [5, 5.41) is 14.7. The van der Waals surface area contributed by atoms with Gasteiger partial charge in [-0.1, -0.05) is 43.7 Å². The Morgan fingerprint density at radius 1 is 1.16 bits per heavy atom. The summed E-state index contributed by atoms with van der Waals surface area (Å²) in [5.74, 6) is -1.65. The maximum absolute atomic E-state index is 12.3. The minimum atomic E-state index is -1.41. The van der Waals surface area contributed by atoms with Gasteiger partial charge in [0.15, 0.2) is 6.61 Å². The predicted molar refractivity (Wildman–Crippen MR) is 114 cm³/mol. The molecule has 0 saturated heterocycles. The van der Waals surface area contributed by atoms with Crippen molar-refractivity contribution in [3.05, 3.63) is 75.6 Å². The van der Waals surface area contributed by atoms with E-state index < -0.39 is 30.2 Å². The standard InChI is InChI=1S/C24H25NO6/c1-3-4-8-17-13-21(27)31-23-15(2)19(12-11-18(17)23)30-14-20(26)25-22(24(28)29)16-9-6-5-7-10-16/h5-7,9-13,22H,3-4,8,14H2,1-2H3,(H,25,26)(H,28,29)/p-1/t22-/m0/s1. The predicted octanol–water partition coefficient (Wildman–Crippen LogP) is 2.43. The lowest BCUT2D eigenvalue weighted by molar-refractivity contribution is -0.308. The van der Waals surface area contributed by atoms with Crippen LogP contribution in [0.15, 0.2) is 57.7 Å². The number of hydrogen-bond acceptors (Lipinski definition) is 6. The van der Waals surface area contributed by atoms with Gasteiger partial charge in [-0.3, -0.25) is 4.79 Å². The van der Waals surface area contributed by atoms with Crippen LogP contribution in [0.5, 0.6) is 5.75 Å². The number of rotatable bonds is 9. The molecular weight excluding hydrogens is 398 g/mol. The number of amides is 1. The quantitative estimate of drug-likeness (QED) is 0.531. The van der Waals surface area contributed by atoms with E-state index in [1.54, 1.807) is 49.4 Å². The first-order valence-corrected chi connectivity index (χ1v) is 10.1. The lowest BCUT2D eigenvalue weighted by atomic mass is 10.0. The molecule has 1 aromatic heterocycles. The van der Waals surface area contributed by atoms with Crippen molar-refractivity contribution in [3.63, 3.8) is 0 Å². The van der Waals surface area contributed by atoms with Gasteiger partial charge in [0.25, 0.3) is 5.91 Å². The Morgan fingerprint density at radius 2 is 1.90 bits per heavy atom. The molecule has 2 aromatic carbocycles. The van der Waals surface area contributed by atoms with E-state index >= 15 is 0 Å². The minimum absolute atomic E-state index is 0.378. The number of hydrogen-bond donors (Lipinski definition) is 1. The van der Waals surface area contributed by atoms with Gasteiger partial charge < -0.3 is 24.4 Å². The average molecular weight is 422 g/mol. The topological polar surface area (TPSA) is 109 Å². The Balaban J connectivity index is 1.76. The number of carboxylic acids is 1. The average Bonchev–Trinajstić information content (AvgIpc) is 2.76. The summed E-state index contributed by atoms with van der Waals surface area (Å²) in [6.45, 7) is 3.43. The van der Waals surface area contributed by atoms with Crippen molar-refractivity contribution < 1.29 is 23.8 Å². The summed E-state index contributed by atoms with van der Waals surface area (Å²) in [7, 11) is 0. The minimum Gasteiger partial charge on any atom is -0.548 e. The van der Waals surface area contributed by atoms with Crippen LogP contribution in [0.4, 0.5) is 0 Å². The molecule has 3 aromatic rings. The fourth-order valence-electron chi connectivity index (χ4n) is 3.41. The summed E-state index contributed by atoms with van der Waals surface area (Å²) >= 11 is 0. The molecule has 31 heavy (non-hydrogen) atoms. The zero-order valence-corrected chi connectivity index (χ0v) is 17.5. The smallest absolute Gasteiger partial charge is 0.336 e. The summed E-state index contributed by atoms with van der Waals surface area (Å²) in [5.41, 5.74) is 1.91. The van der Waals surface area contributed by atoms with E-state index in [0.29, 0.717) is 22.5 Å². The first kappa shape index (κ1) is 22.1. The van der Waals surface area contributed by atoms with Gasteiger partial charge in [0, 0.05) is 17.0 Å². The Kier molecular flexibility index (Phi) is 7.07. The van der Waals surface area contributed by atoms with E-state index in [-0.39, 0.29) is 0 Å². The molecule has 0 fully saturated rings. The second kappa shape index (κ2) is 9.93. The number of ether oxygens (including phenoxy) is 1. The Bertz CT molecular complexity index is 1140. The number of aryl methyl sites for hydroxylation is 2. The highest BCUT2D eigenvalue weighted by Gasteiger charge is 2.17. The van der Waals surface area contributed by atoms with E-state index in [4.69, 9.17) is 9.15 Å². The first-order chi connectivity index (χ1) is 14.9. The number of nitrogens with one attached hydrogen (secondary N) is 1. The normalized spacial score (nSPS) is 11.8. The van der Waals surface area contributed by atoms with Crippen LogP contribution < -0.4 is 20.8 Å². The third-order valence-corrected chi connectivity index (χ3v) is 5.03. The number of carboxylic acid groups (broad SMARTS) is 1. The first-order valence-electron chi connectivity index (χ1n) is 10.1. The van der Waals surface area contributed by atoms with Gasteiger partial charge in [0.2, 0.25) is 0 Å². The van der Waals surface area contributed by atoms with Crippen molar-refractivity contribution in [3.8, 4) is 5.75 Å². The number of carbonyl (C=O) groups excluding carboxylic acids is 2. The van der Waals surface area contributed by atoms with Crippen LogP contribution in [0, 0.1) is 6.92 Å². The van der Waals surface area contributed by atoms with Crippen molar-refractivity contribution in [2.24, 2.45) is 0 Å². The van der Waals surface area contributed by atoms with Crippen LogP contribution in [0.3, 0.4) is 0 Å². The lowest BCUT2D eigenvalue weighted by Crippen LogP contribution is -2.43. The number of unbranched alkanes of at least 4 members (excludes halogenated alkanes) is 1. The molecular formula is C24H24NO6-. The molecule has 0 unspecified atom stereocenters. The highest BCUT2D eigenvalue weighted by Crippen LogP contribution is 2.29. The molecule has 0 aliphatic carbocycles. The summed E-state index contributed by atoms with van der Waals surface area (Å²) in [4.78, 5) is 35.7. The SMILES string of the molecule is CCCCc1cc(=O)oc2c(C)c(OCC(=O)N[C@H](C(=O)[O-])c3ccccc3)ccc12. The maximum atomic E-state index is 12.3. The second-order valence-corrected chi connectivity index (χ2v) is 7.28. The van der Waals surface area contributed by atoms with Crippen LogP contribution in [-0.2, 0) is 16.0 Å². The van der Waals surface area contributed by atoms with Crippen LogP contribution in [0.1, 0.15) is 42.5 Å². The highest BCUT2D eigenvalue weighted by molar-refractivity contribution is 5.86. The molecule has 0 aliphatic rings. The Morgan fingerprint density at radius 3 is 2.58 bits per heavy atom. The Hall–Kier alpha value is -3.61. The molecule has 7 heteroatoms. The highest BCUT2D eigenvalue weighted by atomic mass is 16.5. The fourth-order valence-corrected chi connectivity index (χ4v) is 3.41. The molecule has 1 atom stereocenters. The number of benzene rings is 2. The monoisotopic (exact) mass is 422 g/mol. The summed E-state index contributed by atoms with van der Waals surface area (Å²) < 4.78 is 11.0. The van der Waals surface area contributed by atoms with Gasteiger partial charge in [0.1, 0.15) is 11.3 Å².